The molecule has 2 heterocycles. The van der Waals surface area contributed by atoms with Crippen molar-refractivity contribution in [3.05, 3.63) is 41.7 Å². The van der Waals surface area contributed by atoms with Crippen LogP contribution in [0.5, 0.6) is 17.5 Å². The molecule has 2 aliphatic rings. The van der Waals surface area contributed by atoms with Crippen LogP contribution in [0.15, 0.2) is 30.6 Å². The Labute approximate surface area is 158 Å². The van der Waals surface area contributed by atoms with Gasteiger partial charge in [0.25, 0.3) is 0 Å². The molecule has 7 heteroatoms. The Morgan fingerprint density at radius 2 is 1.85 bits per heavy atom. The lowest BCUT2D eigenvalue weighted by atomic mass is 9.91. The molecule has 2 aromatic rings. The molecule has 0 spiro atoms. The summed E-state index contributed by atoms with van der Waals surface area (Å²) in [5.41, 5.74) is 2.76. The van der Waals surface area contributed by atoms with Crippen molar-refractivity contribution in [3.63, 3.8) is 0 Å². The van der Waals surface area contributed by atoms with E-state index in [1.807, 2.05) is 6.07 Å². The molecule has 1 aromatic carbocycles. The van der Waals surface area contributed by atoms with Gasteiger partial charge in [0, 0.05) is 26.2 Å². The molecule has 0 saturated heterocycles. The number of carbonyl (C=O) groups is 1. The predicted molar refractivity (Wildman–Crippen MR) is 100 cm³/mol. The maximum atomic E-state index is 11.2. The number of fused-ring (bicyclic) bond motifs is 1. The molecule has 1 aliphatic carbocycles. The molecule has 27 heavy (non-hydrogen) atoms. The van der Waals surface area contributed by atoms with Crippen molar-refractivity contribution < 1.29 is 14.3 Å². The van der Waals surface area contributed by atoms with Gasteiger partial charge < -0.3 is 14.8 Å². The quantitative estimate of drug-likeness (QED) is 0.894. The Hall–Kier alpha value is -2.67. The molecule has 1 saturated carbocycles. The summed E-state index contributed by atoms with van der Waals surface area (Å²) in [4.78, 5) is 22.0. The van der Waals surface area contributed by atoms with E-state index in [1.54, 1.807) is 0 Å². The van der Waals surface area contributed by atoms with Crippen LogP contribution in [-0.4, -0.2) is 47.1 Å². The molecule has 1 amide bonds. The lowest BCUT2D eigenvalue weighted by molar-refractivity contribution is 0.133. The van der Waals surface area contributed by atoms with E-state index < -0.39 is 6.09 Å². The minimum atomic E-state index is -0.584. The van der Waals surface area contributed by atoms with E-state index in [0.717, 1.165) is 37.7 Å². The number of hydrogen-bond acceptors (Lipinski definition) is 6. The summed E-state index contributed by atoms with van der Waals surface area (Å²) in [5, 5.41) is 2.36. The highest BCUT2D eigenvalue weighted by Crippen LogP contribution is 2.29. The molecule has 4 rings (SSSR count). The van der Waals surface area contributed by atoms with Gasteiger partial charge in [-0.25, -0.2) is 14.8 Å². The Morgan fingerprint density at radius 3 is 2.52 bits per heavy atom. The van der Waals surface area contributed by atoms with Crippen molar-refractivity contribution in [3.8, 4) is 17.5 Å². The summed E-state index contributed by atoms with van der Waals surface area (Å²) in [5.74, 6) is 1.24. The minimum absolute atomic E-state index is 0.125. The van der Waals surface area contributed by atoms with Gasteiger partial charge in [0.1, 0.15) is 5.75 Å². The summed E-state index contributed by atoms with van der Waals surface area (Å²) in [6.45, 7) is 2.27. The second-order valence-electron chi connectivity index (χ2n) is 6.99. The van der Waals surface area contributed by atoms with Gasteiger partial charge in [-0.2, -0.15) is 0 Å². The van der Waals surface area contributed by atoms with Crippen LogP contribution in [0.1, 0.15) is 30.4 Å². The average molecular weight is 368 g/mol. The number of carbonyl (C=O) groups excluding carboxylic acids is 1. The van der Waals surface area contributed by atoms with Crippen molar-refractivity contribution >= 4 is 6.09 Å². The average Bonchev–Trinajstić information content (AvgIpc) is 2.84. The van der Waals surface area contributed by atoms with Crippen molar-refractivity contribution in [2.75, 3.05) is 20.1 Å². The van der Waals surface area contributed by atoms with E-state index in [-0.39, 0.29) is 5.88 Å². The zero-order valence-electron chi connectivity index (χ0n) is 15.5. The SMILES string of the molecule is CNC(=O)Oc1cnc(Oc2ccc3c(c2)CCN(C2CCC2)CC3)cn1. The second-order valence-corrected chi connectivity index (χ2v) is 6.99. The van der Waals surface area contributed by atoms with Crippen LogP contribution in [0.2, 0.25) is 0 Å². The van der Waals surface area contributed by atoms with E-state index in [4.69, 9.17) is 9.47 Å². The van der Waals surface area contributed by atoms with Gasteiger partial charge in [-0.3, -0.25) is 4.90 Å². The fourth-order valence-corrected chi connectivity index (χ4v) is 3.58. The minimum Gasteiger partial charge on any atom is -0.437 e. The number of nitrogens with zero attached hydrogens (tertiary/aromatic N) is 3. The van der Waals surface area contributed by atoms with Gasteiger partial charge in [-0.1, -0.05) is 12.5 Å². The van der Waals surface area contributed by atoms with Crippen LogP contribution < -0.4 is 14.8 Å². The topological polar surface area (TPSA) is 76.6 Å². The van der Waals surface area contributed by atoms with Crippen LogP contribution in [-0.2, 0) is 12.8 Å². The molecule has 1 aliphatic heterocycles. The number of aromatic nitrogens is 2. The van der Waals surface area contributed by atoms with Gasteiger partial charge in [0.15, 0.2) is 0 Å². The number of ether oxygens (including phenoxy) is 2. The molecule has 0 bridgehead atoms. The summed E-state index contributed by atoms with van der Waals surface area (Å²) in [6, 6.07) is 7.04. The molecule has 1 fully saturated rings. The van der Waals surface area contributed by atoms with E-state index in [9.17, 15) is 4.79 Å². The normalized spacial score (nSPS) is 17.4. The van der Waals surface area contributed by atoms with Crippen molar-refractivity contribution in [2.45, 2.75) is 38.1 Å². The smallest absolute Gasteiger partial charge is 0.413 e. The first-order valence-corrected chi connectivity index (χ1v) is 9.46. The molecular weight excluding hydrogens is 344 g/mol. The Balaban J connectivity index is 1.40. The molecule has 0 unspecified atom stereocenters. The zero-order chi connectivity index (χ0) is 18.6. The van der Waals surface area contributed by atoms with Crippen molar-refractivity contribution in [1.82, 2.24) is 20.2 Å². The first kappa shape index (κ1) is 17.7. The Kier molecular flexibility index (Phi) is 5.20. The zero-order valence-corrected chi connectivity index (χ0v) is 15.5. The molecule has 0 radical (unpaired) electrons. The van der Waals surface area contributed by atoms with E-state index in [2.05, 4.69) is 32.3 Å². The van der Waals surface area contributed by atoms with Crippen LogP contribution in [0.4, 0.5) is 4.79 Å². The van der Waals surface area contributed by atoms with E-state index in [1.165, 1.54) is 49.8 Å². The molecule has 7 nitrogen and oxygen atoms in total. The summed E-state index contributed by atoms with van der Waals surface area (Å²) in [7, 11) is 1.48. The number of benzene rings is 1. The number of hydrogen-bond donors (Lipinski definition) is 1. The Bertz CT molecular complexity index is 805. The molecule has 0 atom stereocenters. The van der Waals surface area contributed by atoms with Crippen molar-refractivity contribution in [2.24, 2.45) is 0 Å². The summed E-state index contributed by atoms with van der Waals surface area (Å²) in [6.07, 6.45) is 8.45. The maximum Gasteiger partial charge on any atom is 0.413 e. The van der Waals surface area contributed by atoms with Gasteiger partial charge in [-0.05, 0) is 48.9 Å². The third-order valence-corrected chi connectivity index (χ3v) is 5.33. The number of rotatable bonds is 4. The predicted octanol–water partition coefficient (Wildman–Crippen LogP) is 2.94. The van der Waals surface area contributed by atoms with Crippen LogP contribution in [0.3, 0.4) is 0 Å². The van der Waals surface area contributed by atoms with Gasteiger partial charge in [-0.15, -0.1) is 0 Å². The highest BCUT2D eigenvalue weighted by Gasteiger charge is 2.26. The Morgan fingerprint density at radius 1 is 1.11 bits per heavy atom. The van der Waals surface area contributed by atoms with Crippen LogP contribution in [0, 0.1) is 0 Å². The summed E-state index contributed by atoms with van der Waals surface area (Å²) < 4.78 is 10.8. The largest absolute Gasteiger partial charge is 0.437 e. The standard InChI is InChI=1S/C20H24N4O3/c1-21-20(25)27-19-13-22-18(12-23-19)26-17-6-5-14-7-9-24(16-3-2-4-16)10-8-15(14)11-17/h5-6,11-13,16H,2-4,7-10H2,1H3,(H,21,25). The first-order chi connectivity index (χ1) is 13.2. The number of amides is 1. The first-order valence-electron chi connectivity index (χ1n) is 9.46. The molecular formula is C20H24N4O3. The fourth-order valence-electron chi connectivity index (χ4n) is 3.58. The van der Waals surface area contributed by atoms with Gasteiger partial charge >= 0.3 is 6.09 Å². The second kappa shape index (κ2) is 7.92. The monoisotopic (exact) mass is 368 g/mol. The van der Waals surface area contributed by atoms with Gasteiger partial charge in [0.2, 0.25) is 11.8 Å². The van der Waals surface area contributed by atoms with Crippen LogP contribution in [0.25, 0.3) is 0 Å². The van der Waals surface area contributed by atoms with Crippen LogP contribution >= 0.6 is 0 Å². The van der Waals surface area contributed by atoms with Crippen molar-refractivity contribution in [1.29, 1.82) is 0 Å². The highest BCUT2D eigenvalue weighted by atomic mass is 16.6. The lowest BCUT2D eigenvalue weighted by Gasteiger charge is -2.36. The molecule has 142 valence electrons. The maximum absolute atomic E-state index is 11.2. The highest BCUT2D eigenvalue weighted by molar-refractivity contribution is 5.69. The van der Waals surface area contributed by atoms with E-state index >= 15 is 0 Å². The fraction of sp³-hybridized carbons (Fsp3) is 0.450. The number of nitrogens with one attached hydrogen (secondary N) is 1. The summed E-state index contributed by atoms with van der Waals surface area (Å²) >= 11 is 0. The molecule has 1 N–H and O–H groups in total. The van der Waals surface area contributed by atoms with Gasteiger partial charge in [0.05, 0.1) is 12.4 Å². The lowest BCUT2D eigenvalue weighted by Crippen LogP contribution is -2.41. The third-order valence-electron chi connectivity index (χ3n) is 5.33. The third kappa shape index (κ3) is 4.19. The molecule has 1 aromatic heterocycles. The van der Waals surface area contributed by atoms with E-state index in [0.29, 0.717) is 5.88 Å².